The third kappa shape index (κ3) is 2.73. The number of rotatable bonds is 3. The number of hydrogen-bond donors (Lipinski definition) is 1. The van der Waals surface area contributed by atoms with E-state index in [1.807, 2.05) is 13.0 Å². The SMILES string of the molecule is CCCN1C(=O)/C(=C\c2cccc(O)c2)SC1=S. The Kier molecular flexibility index (Phi) is 4.04. The second kappa shape index (κ2) is 5.54. The molecule has 1 saturated heterocycles. The van der Waals surface area contributed by atoms with Gasteiger partial charge in [0.2, 0.25) is 0 Å². The third-order valence-electron chi connectivity index (χ3n) is 2.49. The van der Waals surface area contributed by atoms with E-state index < -0.39 is 0 Å². The minimum atomic E-state index is -0.0461. The predicted molar refractivity (Wildman–Crippen MR) is 78.3 cm³/mol. The maximum absolute atomic E-state index is 12.1. The largest absolute Gasteiger partial charge is 0.508 e. The lowest BCUT2D eigenvalue weighted by molar-refractivity contribution is -0.122. The number of hydrogen-bond acceptors (Lipinski definition) is 4. The lowest BCUT2D eigenvalue weighted by Gasteiger charge is -2.11. The molecule has 18 heavy (non-hydrogen) atoms. The molecule has 2 rings (SSSR count). The second-order valence-corrected chi connectivity index (χ2v) is 5.60. The Hall–Kier alpha value is -1.33. The van der Waals surface area contributed by atoms with E-state index >= 15 is 0 Å². The van der Waals surface area contributed by atoms with Gasteiger partial charge in [-0.3, -0.25) is 9.69 Å². The molecule has 1 aliphatic heterocycles. The zero-order chi connectivity index (χ0) is 13.1. The number of amides is 1. The van der Waals surface area contributed by atoms with Gasteiger partial charge in [-0.15, -0.1) is 0 Å². The highest BCUT2D eigenvalue weighted by Gasteiger charge is 2.30. The van der Waals surface area contributed by atoms with E-state index in [1.54, 1.807) is 29.2 Å². The number of nitrogens with zero attached hydrogens (tertiary/aromatic N) is 1. The van der Waals surface area contributed by atoms with E-state index in [0.29, 0.717) is 15.8 Å². The lowest BCUT2D eigenvalue weighted by Crippen LogP contribution is -2.28. The van der Waals surface area contributed by atoms with Crippen LogP contribution in [0.4, 0.5) is 0 Å². The smallest absolute Gasteiger partial charge is 0.266 e. The normalized spacial score (nSPS) is 17.8. The molecule has 0 spiro atoms. The first-order valence-corrected chi connectivity index (χ1v) is 6.88. The van der Waals surface area contributed by atoms with Crippen LogP contribution in [0.5, 0.6) is 5.75 Å². The summed E-state index contributed by atoms with van der Waals surface area (Å²) in [6.45, 7) is 2.67. The van der Waals surface area contributed by atoms with E-state index in [2.05, 4.69) is 0 Å². The van der Waals surface area contributed by atoms with Gasteiger partial charge in [-0.25, -0.2) is 0 Å². The van der Waals surface area contributed by atoms with Crippen LogP contribution < -0.4 is 0 Å². The predicted octanol–water partition coefficient (Wildman–Crippen LogP) is 3.00. The van der Waals surface area contributed by atoms with E-state index in [9.17, 15) is 9.90 Å². The number of thiocarbonyl (C=S) groups is 1. The molecule has 0 aliphatic carbocycles. The molecule has 0 unspecified atom stereocenters. The first kappa shape index (κ1) is 13.1. The number of thioether (sulfide) groups is 1. The van der Waals surface area contributed by atoms with Crippen molar-refractivity contribution in [3.63, 3.8) is 0 Å². The molecule has 3 nitrogen and oxygen atoms in total. The Labute approximate surface area is 115 Å². The zero-order valence-corrected chi connectivity index (χ0v) is 11.6. The first-order chi connectivity index (χ1) is 8.61. The fourth-order valence-electron chi connectivity index (χ4n) is 1.68. The van der Waals surface area contributed by atoms with Crippen LogP contribution in [0, 0.1) is 0 Å². The molecule has 1 heterocycles. The maximum atomic E-state index is 12.1. The van der Waals surface area contributed by atoms with Crippen LogP contribution in [-0.4, -0.2) is 26.8 Å². The average molecular weight is 279 g/mol. The molecular formula is C13H13NO2S2. The van der Waals surface area contributed by atoms with Crippen LogP contribution in [0.15, 0.2) is 29.2 Å². The van der Waals surface area contributed by atoms with E-state index in [-0.39, 0.29) is 11.7 Å². The number of phenolic OH excluding ortho intramolecular Hbond substituents is 1. The molecule has 1 N–H and O–H groups in total. The number of carbonyl (C=O) groups excluding carboxylic acids is 1. The standard InChI is InChI=1S/C13H13NO2S2/c1-2-6-14-12(16)11(18-13(14)17)8-9-4-3-5-10(15)7-9/h3-5,7-8,15H,2,6H2,1H3/b11-8+. The Morgan fingerprint density at radius 2 is 2.28 bits per heavy atom. The minimum absolute atomic E-state index is 0.0461. The molecule has 1 aromatic rings. The number of benzene rings is 1. The number of phenols is 1. The molecule has 0 atom stereocenters. The average Bonchev–Trinajstić information content (AvgIpc) is 2.57. The molecule has 0 radical (unpaired) electrons. The van der Waals surface area contributed by atoms with Crippen LogP contribution in [0.2, 0.25) is 0 Å². The quantitative estimate of drug-likeness (QED) is 0.682. The number of aromatic hydroxyl groups is 1. The molecular weight excluding hydrogens is 266 g/mol. The molecule has 94 valence electrons. The summed E-state index contributed by atoms with van der Waals surface area (Å²) >= 11 is 6.49. The van der Waals surface area contributed by atoms with Gasteiger partial charge >= 0.3 is 0 Å². The minimum Gasteiger partial charge on any atom is -0.508 e. The van der Waals surface area contributed by atoms with Crippen LogP contribution >= 0.6 is 24.0 Å². The highest BCUT2D eigenvalue weighted by molar-refractivity contribution is 8.26. The summed E-state index contributed by atoms with van der Waals surface area (Å²) in [6, 6.07) is 6.80. The third-order valence-corrected chi connectivity index (χ3v) is 3.87. The highest BCUT2D eigenvalue weighted by atomic mass is 32.2. The molecule has 0 bridgehead atoms. The molecule has 0 saturated carbocycles. The summed E-state index contributed by atoms with van der Waals surface area (Å²) in [5.41, 5.74) is 0.798. The van der Waals surface area contributed by atoms with Gasteiger partial charge in [0.05, 0.1) is 4.91 Å². The molecule has 1 fully saturated rings. The Balaban J connectivity index is 2.25. The van der Waals surface area contributed by atoms with Crippen molar-refractivity contribution in [1.82, 2.24) is 4.90 Å². The summed E-state index contributed by atoms with van der Waals surface area (Å²) < 4.78 is 0.605. The van der Waals surface area contributed by atoms with Crippen molar-refractivity contribution in [3.05, 3.63) is 34.7 Å². The highest BCUT2D eigenvalue weighted by Crippen LogP contribution is 2.32. The van der Waals surface area contributed by atoms with Gasteiger partial charge in [-0.1, -0.05) is 43.0 Å². The summed E-state index contributed by atoms with van der Waals surface area (Å²) in [7, 11) is 0. The zero-order valence-electron chi connectivity index (χ0n) is 9.92. The van der Waals surface area contributed by atoms with Crippen molar-refractivity contribution >= 4 is 40.3 Å². The van der Waals surface area contributed by atoms with Crippen molar-refractivity contribution in [3.8, 4) is 5.75 Å². The Morgan fingerprint density at radius 3 is 2.94 bits per heavy atom. The summed E-state index contributed by atoms with van der Waals surface area (Å²) in [5, 5.41) is 9.38. The van der Waals surface area contributed by atoms with E-state index in [0.717, 1.165) is 12.0 Å². The first-order valence-electron chi connectivity index (χ1n) is 5.66. The van der Waals surface area contributed by atoms with Gasteiger partial charge in [0.25, 0.3) is 5.91 Å². The van der Waals surface area contributed by atoms with Gasteiger partial charge in [0.1, 0.15) is 10.1 Å². The van der Waals surface area contributed by atoms with Crippen molar-refractivity contribution in [2.45, 2.75) is 13.3 Å². The van der Waals surface area contributed by atoms with Gasteiger partial charge in [0, 0.05) is 6.54 Å². The van der Waals surface area contributed by atoms with Crippen LogP contribution in [0.1, 0.15) is 18.9 Å². The maximum Gasteiger partial charge on any atom is 0.266 e. The Morgan fingerprint density at radius 1 is 1.50 bits per heavy atom. The van der Waals surface area contributed by atoms with Crippen molar-refractivity contribution in [2.24, 2.45) is 0 Å². The molecule has 5 heteroatoms. The summed E-state index contributed by atoms with van der Waals surface area (Å²) in [5.74, 6) is 0.142. The van der Waals surface area contributed by atoms with Crippen LogP contribution in [0.25, 0.3) is 6.08 Å². The summed E-state index contributed by atoms with van der Waals surface area (Å²) in [4.78, 5) is 14.3. The van der Waals surface area contributed by atoms with E-state index in [4.69, 9.17) is 12.2 Å². The lowest BCUT2D eigenvalue weighted by atomic mass is 10.2. The van der Waals surface area contributed by atoms with Gasteiger partial charge in [-0.2, -0.15) is 0 Å². The van der Waals surface area contributed by atoms with Crippen LogP contribution in [0.3, 0.4) is 0 Å². The second-order valence-electron chi connectivity index (χ2n) is 3.93. The van der Waals surface area contributed by atoms with Crippen molar-refractivity contribution in [2.75, 3.05) is 6.54 Å². The molecule has 1 aliphatic rings. The molecule has 0 aromatic heterocycles. The topological polar surface area (TPSA) is 40.5 Å². The Bertz CT molecular complexity index is 525. The summed E-state index contributed by atoms with van der Waals surface area (Å²) in [6.07, 6.45) is 2.64. The molecule has 1 aromatic carbocycles. The monoisotopic (exact) mass is 279 g/mol. The van der Waals surface area contributed by atoms with Gasteiger partial charge in [-0.05, 0) is 30.2 Å². The van der Waals surface area contributed by atoms with Gasteiger partial charge < -0.3 is 5.11 Å². The molecule has 1 amide bonds. The van der Waals surface area contributed by atoms with Crippen LogP contribution in [-0.2, 0) is 4.79 Å². The fourth-order valence-corrected chi connectivity index (χ4v) is 2.99. The van der Waals surface area contributed by atoms with E-state index in [1.165, 1.54) is 11.8 Å². The van der Waals surface area contributed by atoms with Crippen molar-refractivity contribution in [1.29, 1.82) is 0 Å². The fraction of sp³-hybridized carbons (Fsp3) is 0.231. The van der Waals surface area contributed by atoms with Gasteiger partial charge in [0.15, 0.2) is 0 Å². The van der Waals surface area contributed by atoms with Crippen molar-refractivity contribution < 1.29 is 9.90 Å². The number of carbonyl (C=O) groups is 1.